The van der Waals surface area contributed by atoms with Gasteiger partial charge in [0.15, 0.2) is 0 Å². The van der Waals surface area contributed by atoms with Crippen LogP contribution in [0.4, 0.5) is 4.39 Å². The third-order valence-corrected chi connectivity index (χ3v) is 5.40. The average molecular weight is 372 g/mol. The van der Waals surface area contributed by atoms with Crippen LogP contribution in [0.25, 0.3) is 0 Å². The Morgan fingerprint density at radius 2 is 2.00 bits per heavy atom. The number of nitrogens with zero attached hydrogens (tertiary/aromatic N) is 4. The lowest BCUT2D eigenvalue weighted by Crippen LogP contribution is -2.46. The van der Waals surface area contributed by atoms with Gasteiger partial charge in [0.2, 0.25) is 5.91 Å². The number of imidazole rings is 1. The van der Waals surface area contributed by atoms with E-state index in [1.807, 2.05) is 34.7 Å². The predicted octanol–water partition coefficient (Wildman–Crippen LogP) is 3.09. The molecule has 2 heterocycles. The fourth-order valence-corrected chi connectivity index (χ4v) is 3.76. The van der Waals surface area contributed by atoms with Crippen LogP contribution in [-0.4, -0.2) is 50.9 Å². The molecule has 0 spiro atoms. The number of carbonyl (C=O) groups is 1. The van der Waals surface area contributed by atoms with Gasteiger partial charge in [-0.05, 0) is 37.0 Å². The van der Waals surface area contributed by atoms with Gasteiger partial charge in [0.1, 0.15) is 18.2 Å². The van der Waals surface area contributed by atoms with Gasteiger partial charge in [-0.1, -0.05) is 26.0 Å². The molecule has 27 heavy (non-hydrogen) atoms. The van der Waals surface area contributed by atoms with Crippen LogP contribution in [0.5, 0.6) is 0 Å². The molecule has 0 N–H and O–H groups in total. The maximum atomic E-state index is 13.2. The van der Waals surface area contributed by atoms with Gasteiger partial charge in [0, 0.05) is 44.6 Å². The van der Waals surface area contributed by atoms with E-state index in [2.05, 4.69) is 23.7 Å². The van der Waals surface area contributed by atoms with Gasteiger partial charge in [-0.2, -0.15) is 0 Å². The molecule has 6 heteroatoms. The first kappa shape index (κ1) is 19.5. The molecule has 0 radical (unpaired) electrons. The molecule has 5 nitrogen and oxygen atoms in total. The molecule has 1 fully saturated rings. The standard InChI is InChI=1S/C21H29FN4O/c1-16(2)20-14-26(21(27)15-24-12-9-23-17(24)3)11-4-10-25(20)13-18-5-7-19(22)8-6-18/h5-9,12,16,20H,4,10-11,13-15H2,1-3H3. The molecule has 0 aliphatic carbocycles. The zero-order chi connectivity index (χ0) is 19.4. The number of aryl methyl sites for hydroxylation is 1. The van der Waals surface area contributed by atoms with E-state index < -0.39 is 0 Å². The Kier molecular flexibility index (Phi) is 6.26. The van der Waals surface area contributed by atoms with Crippen LogP contribution in [-0.2, 0) is 17.9 Å². The van der Waals surface area contributed by atoms with Crippen molar-refractivity contribution in [1.82, 2.24) is 19.4 Å². The summed E-state index contributed by atoms with van der Waals surface area (Å²) in [6.45, 7) is 9.89. The van der Waals surface area contributed by atoms with E-state index >= 15 is 0 Å². The number of rotatable bonds is 5. The van der Waals surface area contributed by atoms with E-state index in [-0.39, 0.29) is 17.8 Å². The van der Waals surface area contributed by atoms with Gasteiger partial charge in [0.25, 0.3) is 0 Å². The van der Waals surface area contributed by atoms with Crippen molar-refractivity contribution in [2.24, 2.45) is 5.92 Å². The molecule has 3 rings (SSSR count). The second kappa shape index (κ2) is 8.65. The molecule has 1 aliphatic heterocycles. The number of hydrogen-bond donors (Lipinski definition) is 0. The van der Waals surface area contributed by atoms with Crippen molar-refractivity contribution >= 4 is 5.91 Å². The molecule has 0 bridgehead atoms. The van der Waals surface area contributed by atoms with Crippen LogP contribution in [0, 0.1) is 18.7 Å². The van der Waals surface area contributed by atoms with E-state index in [0.717, 1.165) is 44.0 Å². The second-order valence-corrected chi connectivity index (χ2v) is 7.70. The summed E-state index contributed by atoms with van der Waals surface area (Å²) >= 11 is 0. The molecule has 1 aliphatic rings. The molecule has 0 saturated carbocycles. The lowest BCUT2D eigenvalue weighted by atomic mass is 10.0. The van der Waals surface area contributed by atoms with Crippen molar-refractivity contribution in [3.8, 4) is 0 Å². The van der Waals surface area contributed by atoms with Gasteiger partial charge in [0.05, 0.1) is 0 Å². The maximum absolute atomic E-state index is 13.2. The predicted molar refractivity (Wildman–Crippen MR) is 104 cm³/mol. The summed E-state index contributed by atoms with van der Waals surface area (Å²) in [6, 6.07) is 7.01. The highest BCUT2D eigenvalue weighted by Gasteiger charge is 2.29. The molecule has 1 aromatic carbocycles. The van der Waals surface area contributed by atoms with E-state index in [9.17, 15) is 9.18 Å². The molecule has 1 saturated heterocycles. The summed E-state index contributed by atoms with van der Waals surface area (Å²) in [5.41, 5.74) is 1.11. The molecular formula is C21H29FN4O. The third kappa shape index (κ3) is 4.95. The van der Waals surface area contributed by atoms with Crippen molar-refractivity contribution in [2.75, 3.05) is 19.6 Å². The van der Waals surface area contributed by atoms with Crippen LogP contribution in [0.2, 0.25) is 0 Å². The normalized spacial score (nSPS) is 18.7. The van der Waals surface area contributed by atoms with Crippen LogP contribution in [0.3, 0.4) is 0 Å². The Balaban J connectivity index is 1.69. The lowest BCUT2D eigenvalue weighted by Gasteiger charge is -2.34. The first-order valence-electron chi connectivity index (χ1n) is 9.68. The number of carbonyl (C=O) groups excluding carboxylic acids is 1. The Bertz CT molecular complexity index is 756. The Hall–Kier alpha value is -2.21. The Morgan fingerprint density at radius 3 is 2.63 bits per heavy atom. The minimum Gasteiger partial charge on any atom is -0.340 e. The molecule has 146 valence electrons. The van der Waals surface area contributed by atoms with E-state index in [4.69, 9.17) is 0 Å². The minimum atomic E-state index is -0.207. The van der Waals surface area contributed by atoms with Gasteiger partial charge >= 0.3 is 0 Å². The zero-order valence-corrected chi connectivity index (χ0v) is 16.4. The molecule has 1 amide bonds. The topological polar surface area (TPSA) is 41.4 Å². The summed E-state index contributed by atoms with van der Waals surface area (Å²) < 4.78 is 15.1. The highest BCUT2D eigenvalue weighted by atomic mass is 19.1. The minimum absolute atomic E-state index is 0.144. The lowest BCUT2D eigenvalue weighted by molar-refractivity contribution is -0.132. The van der Waals surface area contributed by atoms with Crippen LogP contribution >= 0.6 is 0 Å². The van der Waals surface area contributed by atoms with E-state index in [1.165, 1.54) is 12.1 Å². The molecular weight excluding hydrogens is 343 g/mol. The van der Waals surface area contributed by atoms with Crippen molar-refractivity contribution in [3.63, 3.8) is 0 Å². The van der Waals surface area contributed by atoms with Crippen molar-refractivity contribution in [1.29, 1.82) is 0 Å². The van der Waals surface area contributed by atoms with Gasteiger partial charge in [-0.25, -0.2) is 9.37 Å². The zero-order valence-electron chi connectivity index (χ0n) is 16.4. The molecule has 1 aromatic heterocycles. The Labute approximate surface area is 160 Å². The Morgan fingerprint density at radius 1 is 1.26 bits per heavy atom. The smallest absolute Gasteiger partial charge is 0.242 e. The average Bonchev–Trinajstić information content (AvgIpc) is 2.91. The summed E-state index contributed by atoms with van der Waals surface area (Å²) in [5.74, 6) is 1.22. The van der Waals surface area contributed by atoms with E-state index in [0.29, 0.717) is 12.5 Å². The van der Waals surface area contributed by atoms with Crippen LogP contribution < -0.4 is 0 Å². The quantitative estimate of drug-likeness (QED) is 0.810. The maximum Gasteiger partial charge on any atom is 0.242 e. The summed E-state index contributed by atoms with van der Waals surface area (Å²) in [6.07, 6.45) is 4.53. The van der Waals surface area contributed by atoms with Crippen molar-refractivity contribution < 1.29 is 9.18 Å². The number of halogens is 1. The van der Waals surface area contributed by atoms with Crippen molar-refractivity contribution in [3.05, 3.63) is 53.9 Å². The van der Waals surface area contributed by atoms with Gasteiger partial charge in [-0.15, -0.1) is 0 Å². The summed E-state index contributed by atoms with van der Waals surface area (Å²) in [7, 11) is 0. The summed E-state index contributed by atoms with van der Waals surface area (Å²) in [4.78, 5) is 21.5. The van der Waals surface area contributed by atoms with Crippen molar-refractivity contribution in [2.45, 2.75) is 46.3 Å². The number of aromatic nitrogens is 2. The number of hydrogen-bond acceptors (Lipinski definition) is 3. The molecule has 1 unspecified atom stereocenters. The largest absolute Gasteiger partial charge is 0.340 e. The first-order valence-corrected chi connectivity index (χ1v) is 9.68. The second-order valence-electron chi connectivity index (χ2n) is 7.70. The van der Waals surface area contributed by atoms with Crippen LogP contribution in [0.15, 0.2) is 36.7 Å². The SMILES string of the molecule is Cc1nccn1CC(=O)N1CCCN(Cc2ccc(F)cc2)C(C(C)C)C1. The van der Waals surface area contributed by atoms with Gasteiger partial charge < -0.3 is 9.47 Å². The monoisotopic (exact) mass is 372 g/mol. The van der Waals surface area contributed by atoms with E-state index in [1.54, 1.807) is 6.20 Å². The highest BCUT2D eigenvalue weighted by Crippen LogP contribution is 2.20. The number of amides is 1. The summed E-state index contributed by atoms with van der Waals surface area (Å²) in [5, 5.41) is 0. The molecule has 2 aromatic rings. The fourth-order valence-electron chi connectivity index (χ4n) is 3.76. The first-order chi connectivity index (χ1) is 12.9. The molecule has 1 atom stereocenters. The highest BCUT2D eigenvalue weighted by molar-refractivity contribution is 5.76. The van der Waals surface area contributed by atoms with Gasteiger partial charge in [-0.3, -0.25) is 9.69 Å². The number of benzene rings is 1. The van der Waals surface area contributed by atoms with Crippen LogP contribution in [0.1, 0.15) is 31.7 Å². The third-order valence-electron chi connectivity index (χ3n) is 5.40. The fraction of sp³-hybridized carbons (Fsp3) is 0.524.